The van der Waals surface area contributed by atoms with E-state index in [2.05, 4.69) is 20.5 Å². The first-order valence-electron chi connectivity index (χ1n) is 14.6. The molecule has 0 bridgehead atoms. The molecule has 4 heterocycles. The van der Waals surface area contributed by atoms with E-state index in [4.69, 9.17) is 14.3 Å². The lowest BCUT2D eigenvalue weighted by molar-refractivity contribution is -0.176. The van der Waals surface area contributed by atoms with E-state index in [0.29, 0.717) is 42.8 Å². The van der Waals surface area contributed by atoms with E-state index in [-0.39, 0.29) is 37.1 Å². The second-order valence-corrected chi connectivity index (χ2v) is 11.2. The second-order valence-electron chi connectivity index (χ2n) is 11.2. The number of hydroxylamine groups is 2. The number of amides is 2. The molecule has 3 atom stereocenters. The van der Waals surface area contributed by atoms with Crippen LogP contribution in [-0.2, 0) is 20.9 Å². The molecular weight excluding hydrogens is 567 g/mol. The predicted octanol–water partition coefficient (Wildman–Crippen LogP) is 3.63. The average Bonchev–Trinajstić information content (AvgIpc) is 3.69. The number of likely N-dealkylation sites (tertiary alicyclic amines) is 1. The van der Waals surface area contributed by atoms with E-state index in [0.717, 1.165) is 27.9 Å². The van der Waals surface area contributed by atoms with Crippen LogP contribution in [0.5, 0.6) is 5.75 Å². The molecule has 230 valence electrons. The molecule has 6 rings (SSSR count). The summed E-state index contributed by atoms with van der Waals surface area (Å²) >= 11 is 0. The summed E-state index contributed by atoms with van der Waals surface area (Å²) in [7, 11) is 3.07. The summed E-state index contributed by atoms with van der Waals surface area (Å²) in [5.74, 6) is -0.483. The third-order valence-corrected chi connectivity index (χ3v) is 8.32. The molecule has 2 saturated heterocycles. The van der Waals surface area contributed by atoms with Crippen LogP contribution in [-0.4, -0.2) is 89.1 Å². The summed E-state index contributed by atoms with van der Waals surface area (Å²) < 4.78 is 25.8. The van der Waals surface area contributed by atoms with Gasteiger partial charge >= 0.3 is 0 Å². The fraction of sp³-hybridized carbons (Fsp3) is 0.375. The van der Waals surface area contributed by atoms with Gasteiger partial charge < -0.3 is 14.8 Å². The highest BCUT2D eigenvalue weighted by Gasteiger charge is 2.39. The molecule has 12 heteroatoms. The Labute approximate surface area is 254 Å². The van der Waals surface area contributed by atoms with Crippen LogP contribution in [0.4, 0.5) is 4.39 Å². The number of ether oxygens (including phenoxy) is 2. The van der Waals surface area contributed by atoms with E-state index < -0.39 is 11.9 Å². The molecule has 11 nitrogen and oxygen atoms in total. The number of nitrogens with one attached hydrogen (secondary N) is 2. The normalized spacial score (nSPS) is 20.6. The topological polar surface area (TPSA) is 122 Å². The lowest BCUT2D eigenvalue weighted by Gasteiger charge is -2.40. The minimum absolute atomic E-state index is 0.121. The van der Waals surface area contributed by atoms with Crippen molar-refractivity contribution in [3.05, 3.63) is 77.4 Å². The standard InChI is InChI=1S/C32H35FN6O5/c1-19-13-20(11-12-34-19)30-24-14-21(7-9-27(24)36-37-30)31(40)35-22-8-10-28(32(41)39-16-23(42-2)18-44-39)38(15-22)17-25-26(33)5-4-6-29(25)43-3/h4-7,9,11-14,22-23,28H,8,10,15-18H2,1-3H3,(H,35,40)(H,36,37)/t22-,23?,28+/m1/s1. The van der Waals surface area contributed by atoms with Crippen molar-refractivity contribution in [2.24, 2.45) is 0 Å². The molecule has 2 fully saturated rings. The Morgan fingerprint density at radius 1 is 1.14 bits per heavy atom. The molecule has 0 saturated carbocycles. The number of hydrogen-bond donors (Lipinski definition) is 2. The van der Waals surface area contributed by atoms with E-state index in [1.54, 1.807) is 31.5 Å². The Balaban J connectivity index is 1.22. The zero-order valence-electron chi connectivity index (χ0n) is 24.9. The van der Waals surface area contributed by atoms with Crippen molar-refractivity contribution in [3.63, 3.8) is 0 Å². The highest BCUT2D eigenvalue weighted by atomic mass is 19.1. The van der Waals surface area contributed by atoms with Gasteiger partial charge in [-0.05, 0) is 62.2 Å². The number of halogens is 1. The first-order chi connectivity index (χ1) is 21.3. The maximum absolute atomic E-state index is 15.0. The summed E-state index contributed by atoms with van der Waals surface area (Å²) in [5.41, 5.74) is 4.17. The second kappa shape index (κ2) is 12.7. The first kappa shape index (κ1) is 29.7. The van der Waals surface area contributed by atoms with Crippen molar-refractivity contribution in [2.45, 2.75) is 44.5 Å². The highest BCUT2D eigenvalue weighted by Crippen LogP contribution is 2.30. The molecule has 0 spiro atoms. The number of rotatable bonds is 8. The number of H-pyrrole nitrogens is 1. The number of nitrogens with zero attached hydrogens (tertiary/aromatic N) is 4. The lowest BCUT2D eigenvalue weighted by Crippen LogP contribution is -2.56. The minimum Gasteiger partial charge on any atom is -0.496 e. The van der Waals surface area contributed by atoms with Gasteiger partial charge in [-0.25, -0.2) is 9.45 Å². The van der Waals surface area contributed by atoms with Crippen LogP contribution in [0.2, 0.25) is 0 Å². The quantitative estimate of drug-likeness (QED) is 0.314. The summed E-state index contributed by atoms with van der Waals surface area (Å²) in [6.07, 6.45) is 2.54. The fourth-order valence-corrected chi connectivity index (χ4v) is 5.96. The zero-order valence-corrected chi connectivity index (χ0v) is 24.9. The molecule has 2 N–H and O–H groups in total. The molecule has 44 heavy (non-hydrogen) atoms. The van der Waals surface area contributed by atoms with Gasteiger partial charge in [0.1, 0.15) is 30.0 Å². The molecule has 2 aromatic heterocycles. The molecule has 2 aliphatic heterocycles. The summed E-state index contributed by atoms with van der Waals surface area (Å²) in [6, 6.07) is 13.1. The number of aromatic amines is 1. The van der Waals surface area contributed by atoms with Crippen LogP contribution in [0.3, 0.4) is 0 Å². The summed E-state index contributed by atoms with van der Waals surface area (Å²) in [4.78, 5) is 38.9. The lowest BCUT2D eigenvalue weighted by atomic mass is 9.95. The van der Waals surface area contributed by atoms with Gasteiger partial charge in [0.2, 0.25) is 0 Å². The first-order valence-corrected chi connectivity index (χ1v) is 14.6. The number of methoxy groups -OCH3 is 2. The van der Waals surface area contributed by atoms with Gasteiger partial charge in [-0.1, -0.05) is 6.07 Å². The number of benzene rings is 2. The van der Waals surface area contributed by atoms with Crippen molar-refractivity contribution in [1.82, 2.24) is 30.5 Å². The minimum atomic E-state index is -0.572. The SMILES string of the molecule is COc1cccc(F)c1CN1C[C@H](NC(=O)c2ccc3[nH]nc(-c4ccnc(C)c4)c3c2)CC[C@H]1C(=O)N1CC(OC)CO1. The maximum Gasteiger partial charge on any atom is 0.263 e. The van der Waals surface area contributed by atoms with Gasteiger partial charge in [0, 0.05) is 60.2 Å². The number of pyridine rings is 1. The Morgan fingerprint density at radius 3 is 2.77 bits per heavy atom. The Kier molecular flexibility index (Phi) is 8.56. The number of carbonyl (C=O) groups excluding carboxylic acids is 2. The van der Waals surface area contributed by atoms with Gasteiger partial charge in [0.15, 0.2) is 0 Å². The third kappa shape index (κ3) is 6.01. The van der Waals surface area contributed by atoms with E-state index >= 15 is 4.39 Å². The van der Waals surface area contributed by atoms with Gasteiger partial charge in [-0.3, -0.25) is 29.4 Å². The number of aromatic nitrogens is 3. The largest absolute Gasteiger partial charge is 0.496 e. The smallest absolute Gasteiger partial charge is 0.263 e. The zero-order chi connectivity index (χ0) is 30.8. The molecule has 0 radical (unpaired) electrons. The molecule has 2 aliphatic rings. The van der Waals surface area contributed by atoms with Crippen LogP contribution in [0.1, 0.15) is 34.5 Å². The molecule has 2 amide bonds. The van der Waals surface area contributed by atoms with Crippen molar-refractivity contribution >= 4 is 22.7 Å². The Bertz CT molecular complexity index is 1680. The molecular formula is C32H35FN6O5. The van der Waals surface area contributed by atoms with Crippen molar-refractivity contribution < 1.29 is 28.3 Å². The number of piperidine rings is 1. The van der Waals surface area contributed by atoms with E-state index in [9.17, 15) is 9.59 Å². The predicted molar refractivity (Wildman–Crippen MR) is 160 cm³/mol. The molecule has 0 aliphatic carbocycles. The fourth-order valence-electron chi connectivity index (χ4n) is 5.96. The van der Waals surface area contributed by atoms with Crippen molar-refractivity contribution in [1.29, 1.82) is 0 Å². The van der Waals surface area contributed by atoms with E-state index in [1.807, 2.05) is 36.1 Å². The monoisotopic (exact) mass is 602 g/mol. The number of aryl methyl sites for hydroxylation is 1. The maximum atomic E-state index is 15.0. The number of hydrogen-bond acceptors (Lipinski definition) is 8. The molecule has 1 unspecified atom stereocenters. The van der Waals surface area contributed by atoms with Gasteiger partial charge in [0.05, 0.1) is 25.2 Å². The van der Waals surface area contributed by atoms with Crippen LogP contribution in [0, 0.1) is 12.7 Å². The molecule has 2 aromatic carbocycles. The summed E-state index contributed by atoms with van der Waals surface area (Å²) in [5, 5.41) is 12.8. The van der Waals surface area contributed by atoms with Crippen LogP contribution in [0.25, 0.3) is 22.2 Å². The van der Waals surface area contributed by atoms with E-state index in [1.165, 1.54) is 18.2 Å². The average molecular weight is 603 g/mol. The van der Waals surface area contributed by atoms with Crippen LogP contribution >= 0.6 is 0 Å². The van der Waals surface area contributed by atoms with Crippen LogP contribution in [0.15, 0.2) is 54.7 Å². The van der Waals surface area contributed by atoms with Crippen molar-refractivity contribution in [2.75, 3.05) is 33.9 Å². The van der Waals surface area contributed by atoms with Gasteiger partial charge in [-0.15, -0.1) is 0 Å². The summed E-state index contributed by atoms with van der Waals surface area (Å²) in [6.45, 7) is 2.98. The Morgan fingerprint density at radius 2 is 2.00 bits per heavy atom. The van der Waals surface area contributed by atoms with Crippen LogP contribution < -0.4 is 10.1 Å². The number of carbonyl (C=O) groups is 2. The van der Waals surface area contributed by atoms with Crippen molar-refractivity contribution in [3.8, 4) is 17.0 Å². The molecule has 4 aromatic rings. The number of fused-ring (bicyclic) bond motifs is 1. The van der Waals surface area contributed by atoms with Gasteiger partial charge in [0.25, 0.3) is 11.8 Å². The third-order valence-electron chi connectivity index (χ3n) is 8.32. The highest BCUT2D eigenvalue weighted by molar-refractivity contribution is 6.01. The Hall–Kier alpha value is -4.39. The van der Waals surface area contributed by atoms with Gasteiger partial charge in [-0.2, -0.15) is 5.10 Å².